The second-order valence-corrected chi connectivity index (χ2v) is 11.6. The number of hydrogen-bond donors (Lipinski definition) is 1. The van der Waals surface area contributed by atoms with Gasteiger partial charge in [0.2, 0.25) is 5.91 Å². The molecule has 2 heterocycles. The van der Waals surface area contributed by atoms with E-state index in [0.717, 1.165) is 17.5 Å². The summed E-state index contributed by atoms with van der Waals surface area (Å²) in [5.41, 5.74) is 1.66. The van der Waals surface area contributed by atoms with Gasteiger partial charge in [-0.1, -0.05) is 67.3 Å². The number of carbonyl (C=O) groups excluding carboxylic acids is 2. The van der Waals surface area contributed by atoms with E-state index in [1.54, 1.807) is 4.90 Å². The lowest BCUT2D eigenvalue weighted by atomic mass is 9.79. The van der Waals surface area contributed by atoms with E-state index < -0.39 is 17.9 Å². The standard InChI is InChI=1S/C31H31F3N6O3S/c1-4-23-7-5-6-16-30(23,3)40-26(41)18-44-29(40)37-28(42)36-20(2)17-21-8-10-22(11-9-21)27-35-19-39(38-27)24-12-14-25(15-13-24)43-31(32,33)34/h5-16,19-20,23H,4,17-18H2,1-3H3,(H,36,42). The number of urea groups is 1. The first kappa shape index (κ1) is 31.0. The van der Waals surface area contributed by atoms with Gasteiger partial charge in [-0.15, -0.1) is 18.3 Å². The largest absolute Gasteiger partial charge is 0.573 e. The molecule has 9 nitrogen and oxygen atoms in total. The van der Waals surface area contributed by atoms with Crippen LogP contribution in [0.5, 0.6) is 5.75 Å². The number of benzene rings is 2. The molecule has 13 heteroatoms. The molecule has 5 rings (SSSR count). The highest BCUT2D eigenvalue weighted by molar-refractivity contribution is 8.15. The van der Waals surface area contributed by atoms with Crippen LogP contribution in [-0.4, -0.2) is 60.5 Å². The molecule has 1 saturated heterocycles. The Balaban J connectivity index is 1.19. The SMILES string of the molecule is CCC1C=CC=CC1(C)N1C(=O)CSC1=NC(=O)NC(C)Cc1ccc(-c2ncn(-c3ccc(OC(F)(F)F)cc3)n2)cc1. The fraction of sp³-hybridized carbons (Fsp3) is 0.323. The van der Waals surface area contributed by atoms with Gasteiger partial charge in [0.15, 0.2) is 11.0 Å². The molecule has 230 valence electrons. The number of nitrogens with one attached hydrogen (secondary N) is 1. The predicted molar refractivity (Wildman–Crippen MR) is 162 cm³/mol. The molecule has 2 aliphatic rings. The van der Waals surface area contributed by atoms with Gasteiger partial charge >= 0.3 is 12.4 Å². The Kier molecular flexibility index (Phi) is 8.95. The van der Waals surface area contributed by atoms with Gasteiger partial charge in [0, 0.05) is 17.5 Å². The first-order chi connectivity index (χ1) is 20.9. The zero-order valence-corrected chi connectivity index (χ0v) is 25.1. The third kappa shape index (κ3) is 7.04. The molecule has 44 heavy (non-hydrogen) atoms. The maximum atomic E-state index is 12.9. The number of aliphatic imine (C=N–C) groups is 1. The number of nitrogens with zero attached hydrogens (tertiary/aromatic N) is 5. The number of amidine groups is 1. The molecule has 1 aliphatic heterocycles. The van der Waals surface area contributed by atoms with Crippen molar-refractivity contribution in [1.29, 1.82) is 0 Å². The molecule has 0 saturated carbocycles. The molecule has 1 fully saturated rings. The fourth-order valence-electron chi connectivity index (χ4n) is 5.32. The van der Waals surface area contributed by atoms with Crippen LogP contribution < -0.4 is 10.1 Å². The Hall–Kier alpha value is -4.39. The minimum absolute atomic E-state index is 0.0663. The number of carbonyl (C=O) groups is 2. The Morgan fingerprint density at radius 2 is 1.91 bits per heavy atom. The van der Waals surface area contributed by atoms with Crippen LogP contribution in [0.15, 0.2) is 84.2 Å². The normalized spacial score (nSPS) is 21.6. The van der Waals surface area contributed by atoms with E-state index in [-0.39, 0.29) is 29.4 Å². The van der Waals surface area contributed by atoms with Gasteiger partial charge in [0.25, 0.3) is 0 Å². The van der Waals surface area contributed by atoms with Crippen LogP contribution in [-0.2, 0) is 11.2 Å². The number of alkyl halides is 3. The molecule has 2 aromatic carbocycles. The predicted octanol–water partition coefficient (Wildman–Crippen LogP) is 6.32. The van der Waals surface area contributed by atoms with E-state index in [4.69, 9.17) is 0 Å². The van der Waals surface area contributed by atoms with Gasteiger partial charge in [-0.25, -0.2) is 14.5 Å². The summed E-state index contributed by atoms with van der Waals surface area (Å²) < 4.78 is 42.6. The number of amides is 3. The van der Waals surface area contributed by atoms with Crippen molar-refractivity contribution in [2.75, 3.05) is 5.75 Å². The molecule has 0 radical (unpaired) electrons. The molecule has 3 amide bonds. The summed E-state index contributed by atoms with van der Waals surface area (Å²) in [7, 11) is 0. The molecule has 1 N–H and O–H groups in total. The summed E-state index contributed by atoms with van der Waals surface area (Å²) >= 11 is 1.27. The zero-order valence-electron chi connectivity index (χ0n) is 24.3. The lowest BCUT2D eigenvalue weighted by molar-refractivity contribution is -0.274. The molecule has 1 aromatic heterocycles. The average Bonchev–Trinajstić information content (AvgIpc) is 3.60. The van der Waals surface area contributed by atoms with E-state index in [1.807, 2.05) is 56.3 Å². The number of hydrogen-bond acceptors (Lipinski definition) is 6. The van der Waals surface area contributed by atoms with Gasteiger partial charge in [-0.3, -0.25) is 9.69 Å². The maximum absolute atomic E-state index is 12.9. The van der Waals surface area contributed by atoms with Gasteiger partial charge < -0.3 is 10.1 Å². The molecule has 3 unspecified atom stereocenters. The van der Waals surface area contributed by atoms with Crippen molar-refractivity contribution in [3.05, 3.63) is 84.7 Å². The van der Waals surface area contributed by atoms with Crippen molar-refractivity contribution in [3.63, 3.8) is 0 Å². The van der Waals surface area contributed by atoms with Crippen LogP contribution in [0.4, 0.5) is 18.0 Å². The number of ether oxygens (including phenoxy) is 1. The first-order valence-electron chi connectivity index (χ1n) is 14.0. The number of rotatable bonds is 8. The quantitative estimate of drug-likeness (QED) is 0.315. The average molecular weight is 625 g/mol. The van der Waals surface area contributed by atoms with Crippen molar-refractivity contribution in [2.45, 2.75) is 51.6 Å². The van der Waals surface area contributed by atoms with E-state index >= 15 is 0 Å². The molecule has 0 bridgehead atoms. The highest BCUT2D eigenvalue weighted by Gasteiger charge is 2.45. The van der Waals surface area contributed by atoms with E-state index in [2.05, 4.69) is 38.1 Å². The summed E-state index contributed by atoms with van der Waals surface area (Å²) in [6.07, 6.45) is 6.10. The van der Waals surface area contributed by atoms with Crippen LogP contribution >= 0.6 is 11.8 Å². The van der Waals surface area contributed by atoms with Crippen molar-refractivity contribution >= 4 is 28.9 Å². The summed E-state index contributed by atoms with van der Waals surface area (Å²) in [6, 6.07) is 12.1. The summed E-state index contributed by atoms with van der Waals surface area (Å²) in [4.78, 5) is 36.0. The number of aromatic nitrogens is 3. The highest BCUT2D eigenvalue weighted by atomic mass is 32.2. The topological polar surface area (TPSA) is 102 Å². The third-order valence-electron chi connectivity index (χ3n) is 7.47. The number of allylic oxidation sites excluding steroid dienone is 2. The molecular weight excluding hydrogens is 593 g/mol. The van der Waals surface area contributed by atoms with Gasteiger partial charge in [0.1, 0.15) is 12.1 Å². The Morgan fingerprint density at radius 1 is 1.18 bits per heavy atom. The van der Waals surface area contributed by atoms with Crippen LogP contribution in [0.1, 0.15) is 32.8 Å². The monoisotopic (exact) mass is 624 g/mol. The molecule has 3 aromatic rings. The lowest BCUT2D eigenvalue weighted by Gasteiger charge is -2.42. The number of halogens is 3. The van der Waals surface area contributed by atoms with Crippen molar-refractivity contribution in [3.8, 4) is 22.8 Å². The second-order valence-electron chi connectivity index (χ2n) is 10.7. The third-order valence-corrected chi connectivity index (χ3v) is 8.40. The van der Waals surface area contributed by atoms with Crippen LogP contribution in [0.25, 0.3) is 17.1 Å². The van der Waals surface area contributed by atoms with Crippen molar-refractivity contribution < 1.29 is 27.5 Å². The van der Waals surface area contributed by atoms with Gasteiger partial charge in [0.05, 0.1) is 17.0 Å². The number of thioether (sulfide) groups is 1. The minimum Gasteiger partial charge on any atom is -0.406 e. The van der Waals surface area contributed by atoms with Gasteiger partial charge in [-0.05, 0) is 56.5 Å². The van der Waals surface area contributed by atoms with E-state index in [9.17, 15) is 22.8 Å². The minimum atomic E-state index is -4.76. The van der Waals surface area contributed by atoms with Crippen molar-refractivity contribution in [2.24, 2.45) is 10.9 Å². The Morgan fingerprint density at radius 3 is 2.59 bits per heavy atom. The lowest BCUT2D eigenvalue weighted by Crippen LogP contribution is -2.53. The second kappa shape index (κ2) is 12.7. The Labute approximate surface area is 256 Å². The molecule has 0 spiro atoms. The first-order valence-corrected chi connectivity index (χ1v) is 15.0. The maximum Gasteiger partial charge on any atom is 0.573 e. The van der Waals surface area contributed by atoms with Crippen LogP contribution in [0.3, 0.4) is 0 Å². The molecule has 1 aliphatic carbocycles. The summed E-state index contributed by atoms with van der Waals surface area (Å²) in [5.74, 6) is 0.415. The van der Waals surface area contributed by atoms with Gasteiger partial charge in [-0.2, -0.15) is 4.99 Å². The van der Waals surface area contributed by atoms with E-state index in [0.29, 0.717) is 23.1 Å². The Bertz CT molecular complexity index is 1600. The van der Waals surface area contributed by atoms with Crippen LogP contribution in [0, 0.1) is 5.92 Å². The van der Waals surface area contributed by atoms with Crippen molar-refractivity contribution in [1.82, 2.24) is 25.0 Å². The summed E-state index contributed by atoms with van der Waals surface area (Å²) in [5, 5.41) is 7.74. The molecular formula is C31H31F3N6O3S. The fourth-order valence-corrected chi connectivity index (χ4v) is 6.28. The highest BCUT2D eigenvalue weighted by Crippen LogP contribution is 2.38. The smallest absolute Gasteiger partial charge is 0.406 e. The summed E-state index contributed by atoms with van der Waals surface area (Å²) in [6.45, 7) is 5.96. The van der Waals surface area contributed by atoms with Crippen LogP contribution in [0.2, 0.25) is 0 Å². The molecule has 3 atom stereocenters. The van der Waals surface area contributed by atoms with E-state index in [1.165, 1.54) is 47.0 Å². The zero-order chi connectivity index (χ0) is 31.5.